The Hall–Kier alpha value is -4.03. The van der Waals surface area contributed by atoms with Crippen LogP contribution in [0.25, 0.3) is 6.08 Å². The molecule has 5 nitrogen and oxygen atoms in total. The summed E-state index contributed by atoms with van der Waals surface area (Å²) >= 11 is 5.27. The number of allylic oxidation sites excluding steroid dienone is 2. The zero-order valence-electron chi connectivity index (χ0n) is 17.3. The monoisotopic (exact) mass is 440 g/mol. The molecule has 3 aromatic carbocycles. The van der Waals surface area contributed by atoms with Crippen molar-refractivity contribution in [1.29, 1.82) is 0 Å². The Kier molecular flexibility index (Phi) is 6.24. The van der Waals surface area contributed by atoms with E-state index in [2.05, 4.69) is 5.32 Å². The van der Waals surface area contributed by atoms with Crippen LogP contribution in [-0.2, 0) is 9.59 Å². The van der Waals surface area contributed by atoms with Crippen molar-refractivity contribution < 1.29 is 14.3 Å². The number of carbonyl (C=O) groups is 2. The summed E-state index contributed by atoms with van der Waals surface area (Å²) in [6.45, 7) is 1.84. The van der Waals surface area contributed by atoms with Crippen molar-refractivity contribution in [2.45, 2.75) is 6.92 Å². The van der Waals surface area contributed by atoms with Crippen LogP contribution in [0.3, 0.4) is 0 Å². The summed E-state index contributed by atoms with van der Waals surface area (Å²) in [5, 5.41) is 2.64. The van der Waals surface area contributed by atoms with Crippen LogP contribution in [0.15, 0.2) is 102 Å². The van der Waals surface area contributed by atoms with E-state index in [-0.39, 0.29) is 10.7 Å². The summed E-state index contributed by atoms with van der Waals surface area (Å²) < 4.78 is 5.80. The van der Waals surface area contributed by atoms with Gasteiger partial charge < -0.3 is 4.74 Å². The Labute approximate surface area is 191 Å². The first kappa shape index (κ1) is 21.2. The van der Waals surface area contributed by atoms with Crippen LogP contribution in [0.5, 0.6) is 11.5 Å². The largest absolute Gasteiger partial charge is 0.457 e. The van der Waals surface area contributed by atoms with Gasteiger partial charge in [-0.15, -0.1) is 0 Å². The number of para-hydroxylation sites is 1. The van der Waals surface area contributed by atoms with E-state index >= 15 is 0 Å². The molecule has 0 spiro atoms. The maximum atomic E-state index is 13.2. The third kappa shape index (κ3) is 4.82. The molecule has 0 atom stereocenters. The maximum Gasteiger partial charge on any atom is 0.270 e. The molecule has 2 amide bonds. The summed E-state index contributed by atoms with van der Waals surface area (Å²) in [6, 6.07) is 26.0. The smallest absolute Gasteiger partial charge is 0.270 e. The minimum atomic E-state index is -0.513. The van der Waals surface area contributed by atoms with Gasteiger partial charge in [-0.2, -0.15) is 0 Å². The average Bonchev–Trinajstić information content (AvgIpc) is 2.79. The molecular weight excluding hydrogens is 420 g/mol. The molecule has 6 heteroatoms. The Morgan fingerprint density at radius 1 is 0.875 bits per heavy atom. The van der Waals surface area contributed by atoms with Gasteiger partial charge in [-0.05, 0) is 72.8 Å². The van der Waals surface area contributed by atoms with Gasteiger partial charge in [0.2, 0.25) is 0 Å². The SMILES string of the molecule is CC(=Cc1ccccc1)C=C1C(=O)NC(=S)N(c2ccc(Oc3ccccc3)cc2)C1=O. The van der Waals surface area contributed by atoms with Crippen LogP contribution >= 0.6 is 12.2 Å². The first-order valence-corrected chi connectivity index (χ1v) is 10.4. The Bertz CT molecular complexity index is 1220. The van der Waals surface area contributed by atoms with Crippen molar-refractivity contribution in [2.24, 2.45) is 0 Å². The van der Waals surface area contributed by atoms with E-state index in [9.17, 15) is 9.59 Å². The highest BCUT2D eigenvalue weighted by molar-refractivity contribution is 7.80. The van der Waals surface area contributed by atoms with Gasteiger partial charge in [0.05, 0.1) is 5.69 Å². The van der Waals surface area contributed by atoms with E-state index in [0.29, 0.717) is 17.2 Å². The number of nitrogens with zero attached hydrogens (tertiary/aromatic N) is 1. The summed E-state index contributed by atoms with van der Waals surface area (Å²) in [7, 11) is 0. The molecule has 1 N–H and O–H groups in total. The highest BCUT2D eigenvalue weighted by Gasteiger charge is 2.34. The molecule has 32 heavy (non-hydrogen) atoms. The summed E-state index contributed by atoms with van der Waals surface area (Å²) in [4.78, 5) is 26.9. The highest BCUT2D eigenvalue weighted by atomic mass is 32.1. The van der Waals surface area contributed by atoms with Crippen molar-refractivity contribution in [3.63, 3.8) is 0 Å². The van der Waals surface area contributed by atoms with Crippen LogP contribution in [-0.4, -0.2) is 16.9 Å². The number of rotatable bonds is 5. The second-order valence-corrected chi connectivity index (χ2v) is 7.55. The molecule has 1 aliphatic rings. The number of nitrogens with one attached hydrogen (secondary N) is 1. The van der Waals surface area contributed by atoms with Gasteiger partial charge in [-0.1, -0.05) is 54.6 Å². The van der Waals surface area contributed by atoms with Gasteiger partial charge in [0.25, 0.3) is 11.8 Å². The normalized spacial score (nSPS) is 15.7. The molecule has 1 aliphatic heterocycles. The number of anilines is 1. The number of amides is 2. The third-order valence-corrected chi connectivity index (χ3v) is 5.03. The molecule has 1 fully saturated rings. The Morgan fingerprint density at radius 2 is 1.47 bits per heavy atom. The van der Waals surface area contributed by atoms with Gasteiger partial charge in [-0.25, -0.2) is 0 Å². The molecule has 3 aromatic rings. The molecule has 1 heterocycles. The number of carbonyl (C=O) groups excluding carboxylic acids is 2. The van der Waals surface area contributed by atoms with E-state index in [1.54, 1.807) is 30.3 Å². The number of hydrogen-bond acceptors (Lipinski definition) is 4. The number of thiocarbonyl (C=S) groups is 1. The number of hydrogen-bond donors (Lipinski definition) is 1. The molecule has 1 saturated heterocycles. The summed E-state index contributed by atoms with van der Waals surface area (Å²) in [5.74, 6) is 0.345. The maximum absolute atomic E-state index is 13.2. The molecule has 0 radical (unpaired) electrons. The topological polar surface area (TPSA) is 58.6 Å². The van der Waals surface area contributed by atoms with Crippen molar-refractivity contribution in [3.05, 3.63) is 108 Å². The fourth-order valence-electron chi connectivity index (χ4n) is 3.26. The number of ether oxygens (including phenoxy) is 1. The summed E-state index contributed by atoms with van der Waals surface area (Å²) in [6.07, 6.45) is 3.48. The van der Waals surface area contributed by atoms with Crippen molar-refractivity contribution in [2.75, 3.05) is 4.90 Å². The molecule has 0 unspecified atom stereocenters. The van der Waals surface area contributed by atoms with Crippen LogP contribution in [0, 0.1) is 0 Å². The highest BCUT2D eigenvalue weighted by Crippen LogP contribution is 2.27. The molecule has 0 bridgehead atoms. The fourth-order valence-corrected chi connectivity index (χ4v) is 3.54. The summed E-state index contributed by atoms with van der Waals surface area (Å²) in [5.41, 5.74) is 2.31. The van der Waals surface area contributed by atoms with Crippen LogP contribution < -0.4 is 15.0 Å². The van der Waals surface area contributed by atoms with Gasteiger partial charge in [-0.3, -0.25) is 19.8 Å². The molecule has 0 aromatic heterocycles. The van der Waals surface area contributed by atoms with E-state index in [4.69, 9.17) is 17.0 Å². The fraction of sp³-hybridized carbons (Fsp3) is 0.0385. The molecule has 0 saturated carbocycles. The van der Waals surface area contributed by atoms with Gasteiger partial charge in [0.1, 0.15) is 17.1 Å². The van der Waals surface area contributed by atoms with E-state index in [1.807, 2.05) is 73.7 Å². The zero-order chi connectivity index (χ0) is 22.5. The standard InChI is InChI=1S/C26H20N2O3S/c1-18(16-19-8-4-2-5-9-19)17-23-24(29)27-26(32)28(25(23)30)20-12-14-22(15-13-20)31-21-10-6-3-7-11-21/h2-17H,1H3,(H,27,29,32). The van der Waals surface area contributed by atoms with Crippen LogP contribution in [0.2, 0.25) is 0 Å². The third-order valence-electron chi connectivity index (χ3n) is 4.74. The zero-order valence-corrected chi connectivity index (χ0v) is 18.1. The van der Waals surface area contributed by atoms with Crippen molar-refractivity contribution in [3.8, 4) is 11.5 Å². The second kappa shape index (κ2) is 9.41. The van der Waals surface area contributed by atoms with E-state index in [1.165, 1.54) is 4.90 Å². The van der Waals surface area contributed by atoms with E-state index < -0.39 is 11.8 Å². The minimum Gasteiger partial charge on any atom is -0.457 e. The first-order chi connectivity index (χ1) is 15.5. The van der Waals surface area contributed by atoms with Crippen molar-refractivity contribution in [1.82, 2.24) is 5.32 Å². The number of benzene rings is 3. The van der Waals surface area contributed by atoms with Gasteiger partial charge >= 0.3 is 0 Å². The predicted octanol–water partition coefficient (Wildman–Crippen LogP) is 5.26. The predicted molar refractivity (Wildman–Crippen MR) is 129 cm³/mol. The lowest BCUT2D eigenvalue weighted by molar-refractivity contribution is -0.122. The quantitative estimate of drug-likeness (QED) is 0.334. The lowest BCUT2D eigenvalue weighted by Crippen LogP contribution is -2.54. The first-order valence-electron chi connectivity index (χ1n) is 9.99. The van der Waals surface area contributed by atoms with Crippen LogP contribution in [0.1, 0.15) is 12.5 Å². The molecule has 158 valence electrons. The van der Waals surface area contributed by atoms with Crippen LogP contribution in [0.4, 0.5) is 5.69 Å². The van der Waals surface area contributed by atoms with Gasteiger partial charge in [0.15, 0.2) is 5.11 Å². The molecule has 0 aliphatic carbocycles. The Balaban J connectivity index is 1.57. The minimum absolute atomic E-state index is 0.0212. The lowest BCUT2D eigenvalue weighted by Gasteiger charge is -2.29. The Morgan fingerprint density at radius 3 is 2.12 bits per heavy atom. The van der Waals surface area contributed by atoms with Crippen molar-refractivity contribution >= 4 is 40.9 Å². The average molecular weight is 441 g/mol. The molecule has 4 rings (SSSR count). The van der Waals surface area contributed by atoms with Gasteiger partial charge in [0, 0.05) is 0 Å². The second-order valence-electron chi connectivity index (χ2n) is 7.17. The molecular formula is C26H20N2O3S. The van der Waals surface area contributed by atoms with E-state index in [0.717, 1.165) is 11.1 Å². The lowest BCUT2D eigenvalue weighted by atomic mass is 10.1.